The number of hydrogen-bond acceptors (Lipinski definition) is 2. The predicted molar refractivity (Wildman–Crippen MR) is 81.5 cm³/mol. The summed E-state index contributed by atoms with van der Waals surface area (Å²) in [6.45, 7) is 5.18. The Morgan fingerprint density at radius 3 is 2.48 bits per heavy atom. The lowest BCUT2D eigenvalue weighted by Crippen LogP contribution is -2.30. The molecule has 1 aromatic carbocycles. The van der Waals surface area contributed by atoms with Crippen LogP contribution in [0.4, 0.5) is 13.2 Å². The molecule has 2 aromatic rings. The van der Waals surface area contributed by atoms with Gasteiger partial charge in [0.15, 0.2) is 0 Å². The second kappa shape index (κ2) is 6.28. The minimum absolute atomic E-state index is 0.0719. The van der Waals surface area contributed by atoms with Gasteiger partial charge in [-0.25, -0.2) is 0 Å². The molecule has 0 fully saturated rings. The van der Waals surface area contributed by atoms with E-state index in [4.69, 9.17) is 16.0 Å². The van der Waals surface area contributed by atoms with Gasteiger partial charge in [-0.3, -0.25) is 4.79 Å². The molecule has 0 bridgehead atoms. The monoisotopic (exact) mass is 345 g/mol. The van der Waals surface area contributed by atoms with Crippen LogP contribution in [0.25, 0.3) is 11.3 Å². The second-order valence-corrected chi connectivity index (χ2v) is 5.81. The number of benzene rings is 1. The molecule has 3 nitrogen and oxygen atoms in total. The van der Waals surface area contributed by atoms with Crippen molar-refractivity contribution in [2.75, 3.05) is 0 Å². The number of alkyl halides is 3. The molecule has 0 aliphatic carbocycles. The lowest BCUT2D eigenvalue weighted by atomic mass is 10.1. The standard InChI is InChI=1S/C16H15ClF3NO2/c1-8(2)21-15(22)11-7-14(23-9(11)3)12-6-10(16(18,19)20)4-5-13(12)17/h4-8H,1-3H3,(H,21,22). The van der Waals surface area contributed by atoms with E-state index in [9.17, 15) is 18.0 Å². The Labute approximate surface area is 136 Å². The van der Waals surface area contributed by atoms with Gasteiger partial charge in [-0.05, 0) is 45.0 Å². The molecule has 0 spiro atoms. The highest BCUT2D eigenvalue weighted by molar-refractivity contribution is 6.33. The maximum Gasteiger partial charge on any atom is 0.416 e. The third-order valence-corrected chi connectivity index (χ3v) is 3.47. The fraction of sp³-hybridized carbons (Fsp3) is 0.312. The number of furan rings is 1. The van der Waals surface area contributed by atoms with E-state index in [1.54, 1.807) is 20.8 Å². The van der Waals surface area contributed by atoms with Gasteiger partial charge in [0.2, 0.25) is 0 Å². The number of hydrogen-bond donors (Lipinski definition) is 1. The Kier molecular flexibility index (Phi) is 4.75. The molecule has 0 unspecified atom stereocenters. The zero-order valence-electron chi connectivity index (χ0n) is 12.7. The van der Waals surface area contributed by atoms with Crippen LogP contribution in [-0.4, -0.2) is 11.9 Å². The zero-order chi connectivity index (χ0) is 17.4. The van der Waals surface area contributed by atoms with Crippen molar-refractivity contribution in [1.82, 2.24) is 5.32 Å². The first-order valence-electron chi connectivity index (χ1n) is 6.88. The molecule has 7 heteroatoms. The van der Waals surface area contributed by atoms with Crippen LogP contribution in [0.2, 0.25) is 5.02 Å². The van der Waals surface area contributed by atoms with E-state index in [-0.39, 0.29) is 33.9 Å². The Bertz CT molecular complexity index is 735. The highest BCUT2D eigenvalue weighted by Gasteiger charge is 2.31. The second-order valence-electron chi connectivity index (χ2n) is 5.40. The first-order valence-corrected chi connectivity index (χ1v) is 7.26. The van der Waals surface area contributed by atoms with Crippen molar-refractivity contribution in [3.05, 3.63) is 46.2 Å². The van der Waals surface area contributed by atoms with Crippen molar-refractivity contribution in [2.24, 2.45) is 0 Å². The third kappa shape index (κ3) is 3.88. The molecule has 23 heavy (non-hydrogen) atoms. The maximum atomic E-state index is 12.8. The minimum Gasteiger partial charge on any atom is -0.460 e. The largest absolute Gasteiger partial charge is 0.460 e. The lowest BCUT2D eigenvalue weighted by Gasteiger charge is -2.09. The molecule has 1 N–H and O–H groups in total. The van der Waals surface area contributed by atoms with Gasteiger partial charge in [0, 0.05) is 11.6 Å². The summed E-state index contributed by atoms with van der Waals surface area (Å²) in [5, 5.41) is 2.82. The summed E-state index contributed by atoms with van der Waals surface area (Å²) in [5.74, 6) is 0.0785. The predicted octanol–water partition coefficient (Wildman–Crippen LogP) is 5.07. The molecule has 124 valence electrons. The molecular weight excluding hydrogens is 331 g/mol. The van der Waals surface area contributed by atoms with Crippen LogP contribution < -0.4 is 5.32 Å². The van der Waals surface area contributed by atoms with E-state index in [1.807, 2.05) is 0 Å². The van der Waals surface area contributed by atoms with Gasteiger partial charge in [-0.2, -0.15) is 13.2 Å². The lowest BCUT2D eigenvalue weighted by molar-refractivity contribution is -0.137. The highest BCUT2D eigenvalue weighted by atomic mass is 35.5. The van der Waals surface area contributed by atoms with Gasteiger partial charge in [-0.15, -0.1) is 0 Å². The SMILES string of the molecule is Cc1oc(-c2cc(C(F)(F)F)ccc2Cl)cc1C(=O)NC(C)C. The zero-order valence-corrected chi connectivity index (χ0v) is 13.5. The van der Waals surface area contributed by atoms with E-state index in [0.717, 1.165) is 18.2 Å². The van der Waals surface area contributed by atoms with Gasteiger partial charge < -0.3 is 9.73 Å². The van der Waals surface area contributed by atoms with Gasteiger partial charge >= 0.3 is 6.18 Å². The molecule has 1 heterocycles. The maximum absolute atomic E-state index is 12.8. The first kappa shape index (κ1) is 17.4. The number of rotatable bonds is 3. The number of aryl methyl sites for hydroxylation is 1. The van der Waals surface area contributed by atoms with E-state index in [0.29, 0.717) is 5.76 Å². The van der Waals surface area contributed by atoms with Gasteiger partial charge in [0.05, 0.1) is 16.1 Å². The molecule has 0 radical (unpaired) electrons. The quantitative estimate of drug-likeness (QED) is 0.844. The Morgan fingerprint density at radius 2 is 1.91 bits per heavy atom. The van der Waals surface area contributed by atoms with Crippen LogP contribution in [0.1, 0.15) is 35.5 Å². The van der Waals surface area contributed by atoms with Crippen molar-refractivity contribution in [3.8, 4) is 11.3 Å². The van der Waals surface area contributed by atoms with Crippen LogP contribution in [0, 0.1) is 6.92 Å². The Balaban J connectivity index is 2.46. The molecule has 1 aromatic heterocycles. The van der Waals surface area contributed by atoms with E-state index in [2.05, 4.69) is 5.32 Å². The summed E-state index contributed by atoms with van der Waals surface area (Å²) in [7, 11) is 0. The smallest absolute Gasteiger partial charge is 0.416 e. The Morgan fingerprint density at radius 1 is 1.26 bits per heavy atom. The number of nitrogens with one attached hydrogen (secondary N) is 1. The van der Waals surface area contributed by atoms with Crippen molar-refractivity contribution in [3.63, 3.8) is 0 Å². The van der Waals surface area contributed by atoms with E-state index in [1.165, 1.54) is 6.07 Å². The van der Waals surface area contributed by atoms with Crippen molar-refractivity contribution < 1.29 is 22.4 Å². The summed E-state index contributed by atoms with van der Waals surface area (Å²) in [6.07, 6.45) is -4.49. The fourth-order valence-electron chi connectivity index (χ4n) is 2.07. The molecule has 0 atom stereocenters. The molecular formula is C16H15ClF3NO2. The normalized spacial score (nSPS) is 11.8. The third-order valence-electron chi connectivity index (χ3n) is 3.14. The highest BCUT2D eigenvalue weighted by Crippen LogP contribution is 2.37. The number of amides is 1. The van der Waals surface area contributed by atoms with Crippen LogP contribution in [0.15, 0.2) is 28.7 Å². The summed E-state index contributed by atoms with van der Waals surface area (Å²) in [6, 6.07) is 4.29. The van der Waals surface area contributed by atoms with Crippen LogP contribution in [-0.2, 0) is 6.18 Å². The van der Waals surface area contributed by atoms with Gasteiger partial charge in [-0.1, -0.05) is 11.6 Å². The summed E-state index contributed by atoms with van der Waals surface area (Å²) in [5.41, 5.74) is -0.477. The summed E-state index contributed by atoms with van der Waals surface area (Å²) < 4.78 is 43.9. The Hall–Kier alpha value is -1.95. The average Bonchev–Trinajstić information content (AvgIpc) is 2.79. The summed E-state index contributed by atoms with van der Waals surface area (Å²) in [4.78, 5) is 12.0. The van der Waals surface area contributed by atoms with Crippen molar-refractivity contribution in [1.29, 1.82) is 0 Å². The number of carbonyl (C=O) groups excluding carboxylic acids is 1. The molecule has 0 aliphatic rings. The molecule has 0 saturated heterocycles. The van der Waals surface area contributed by atoms with E-state index >= 15 is 0 Å². The van der Waals surface area contributed by atoms with Crippen LogP contribution >= 0.6 is 11.6 Å². The molecule has 0 saturated carbocycles. The summed E-state index contributed by atoms with van der Waals surface area (Å²) >= 11 is 5.98. The minimum atomic E-state index is -4.49. The first-order chi connectivity index (χ1) is 10.6. The topological polar surface area (TPSA) is 42.2 Å². The molecule has 2 rings (SSSR count). The molecule has 1 amide bonds. The van der Waals surface area contributed by atoms with Crippen LogP contribution in [0.5, 0.6) is 0 Å². The number of carbonyl (C=O) groups is 1. The van der Waals surface area contributed by atoms with Crippen molar-refractivity contribution >= 4 is 17.5 Å². The van der Waals surface area contributed by atoms with Crippen LogP contribution in [0.3, 0.4) is 0 Å². The number of halogens is 4. The van der Waals surface area contributed by atoms with Gasteiger partial charge in [0.25, 0.3) is 5.91 Å². The average molecular weight is 346 g/mol. The molecule has 0 aliphatic heterocycles. The fourth-order valence-corrected chi connectivity index (χ4v) is 2.28. The van der Waals surface area contributed by atoms with Crippen molar-refractivity contribution in [2.45, 2.75) is 33.0 Å². The van der Waals surface area contributed by atoms with E-state index < -0.39 is 11.7 Å². The van der Waals surface area contributed by atoms with Gasteiger partial charge in [0.1, 0.15) is 11.5 Å².